The second-order valence-corrected chi connectivity index (χ2v) is 4.45. The Hall–Kier alpha value is -0.910. The first-order chi connectivity index (χ1) is 8.27. The minimum absolute atomic E-state index is 0.0621. The number of aliphatic hydroxyl groups is 1. The third-order valence-corrected chi connectivity index (χ3v) is 3.05. The summed E-state index contributed by atoms with van der Waals surface area (Å²) in [6.45, 7) is 3.64. The maximum absolute atomic E-state index is 8.55. The highest BCUT2D eigenvalue weighted by Gasteiger charge is 2.02. The van der Waals surface area contributed by atoms with Crippen molar-refractivity contribution in [2.75, 3.05) is 37.9 Å². The molecule has 0 amide bonds. The number of benzene rings is 1. The summed E-state index contributed by atoms with van der Waals surface area (Å²) in [5.41, 5.74) is 6.62. The first kappa shape index (κ1) is 14.2. The lowest BCUT2D eigenvalue weighted by Gasteiger charge is -2.09. The van der Waals surface area contributed by atoms with Crippen molar-refractivity contribution in [2.45, 2.75) is 11.8 Å². The van der Waals surface area contributed by atoms with Crippen LogP contribution in [0.1, 0.15) is 6.92 Å². The highest BCUT2D eigenvalue weighted by atomic mass is 32.2. The highest BCUT2D eigenvalue weighted by molar-refractivity contribution is 7.99. The van der Waals surface area contributed by atoms with Crippen LogP contribution < -0.4 is 10.5 Å². The van der Waals surface area contributed by atoms with Crippen LogP contribution in [0.5, 0.6) is 5.75 Å². The first-order valence-corrected chi connectivity index (χ1v) is 6.60. The van der Waals surface area contributed by atoms with Crippen molar-refractivity contribution in [3.05, 3.63) is 18.2 Å². The van der Waals surface area contributed by atoms with E-state index in [-0.39, 0.29) is 6.61 Å². The van der Waals surface area contributed by atoms with Crippen LogP contribution in [0.3, 0.4) is 0 Å². The molecule has 0 aliphatic rings. The molecular weight excluding hydrogens is 238 g/mol. The van der Waals surface area contributed by atoms with E-state index in [4.69, 9.17) is 20.3 Å². The molecule has 3 N–H and O–H groups in total. The fourth-order valence-corrected chi connectivity index (χ4v) is 2.13. The van der Waals surface area contributed by atoms with Gasteiger partial charge in [-0.25, -0.2) is 0 Å². The van der Waals surface area contributed by atoms with E-state index in [0.717, 1.165) is 22.1 Å². The Labute approximate surface area is 106 Å². The minimum atomic E-state index is 0.0621. The SMILES string of the molecule is CCOc1ccc(N)c(SCCOCCO)c1. The van der Waals surface area contributed by atoms with Crippen LogP contribution in [0.4, 0.5) is 5.69 Å². The summed E-state index contributed by atoms with van der Waals surface area (Å²) in [5.74, 6) is 1.64. The molecule has 0 bridgehead atoms. The van der Waals surface area contributed by atoms with E-state index in [1.165, 1.54) is 0 Å². The average Bonchev–Trinajstić information content (AvgIpc) is 2.33. The third-order valence-electron chi connectivity index (χ3n) is 2.02. The molecule has 0 spiro atoms. The number of anilines is 1. The Morgan fingerprint density at radius 3 is 2.88 bits per heavy atom. The average molecular weight is 257 g/mol. The molecule has 0 aromatic heterocycles. The number of hydrogen-bond donors (Lipinski definition) is 2. The van der Waals surface area contributed by atoms with Gasteiger partial charge >= 0.3 is 0 Å². The lowest BCUT2D eigenvalue weighted by atomic mass is 10.3. The molecule has 5 heteroatoms. The number of nitrogen functional groups attached to an aromatic ring is 1. The van der Waals surface area contributed by atoms with E-state index in [1.807, 2.05) is 25.1 Å². The molecule has 0 unspecified atom stereocenters. The molecule has 0 aliphatic carbocycles. The third kappa shape index (κ3) is 5.30. The summed E-state index contributed by atoms with van der Waals surface area (Å²) in [6, 6.07) is 5.66. The van der Waals surface area contributed by atoms with Crippen LogP contribution in [0, 0.1) is 0 Å². The summed E-state index contributed by atoms with van der Waals surface area (Å²) in [7, 11) is 0. The monoisotopic (exact) mass is 257 g/mol. The maximum atomic E-state index is 8.55. The molecule has 1 aromatic carbocycles. The van der Waals surface area contributed by atoms with Crippen molar-refractivity contribution in [3.8, 4) is 5.75 Å². The molecule has 0 saturated heterocycles. The largest absolute Gasteiger partial charge is 0.494 e. The van der Waals surface area contributed by atoms with Crippen LogP contribution in [-0.2, 0) is 4.74 Å². The van der Waals surface area contributed by atoms with Gasteiger partial charge < -0.3 is 20.3 Å². The summed E-state index contributed by atoms with van der Waals surface area (Å²) in [4.78, 5) is 1.00. The predicted molar refractivity (Wildman–Crippen MR) is 70.7 cm³/mol. The van der Waals surface area contributed by atoms with Gasteiger partial charge in [0.25, 0.3) is 0 Å². The zero-order chi connectivity index (χ0) is 12.5. The predicted octanol–water partition coefficient (Wildman–Crippen LogP) is 1.77. The van der Waals surface area contributed by atoms with Gasteiger partial charge in [-0.05, 0) is 25.1 Å². The topological polar surface area (TPSA) is 64.7 Å². The fourth-order valence-electron chi connectivity index (χ4n) is 1.27. The standard InChI is InChI=1S/C12H19NO3S/c1-2-16-10-3-4-11(13)12(9-10)17-8-7-15-6-5-14/h3-4,9,14H,2,5-8,13H2,1H3. The molecule has 0 atom stereocenters. The van der Waals surface area contributed by atoms with Crippen LogP contribution in [-0.4, -0.2) is 37.3 Å². The molecule has 0 radical (unpaired) electrons. The van der Waals surface area contributed by atoms with E-state index >= 15 is 0 Å². The van der Waals surface area contributed by atoms with Gasteiger partial charge in [0.15, 0.2) is 0 Å². The van der Waals surface area contributed by atoms with E-state index in [0.29, 0.717) is 19.8 Å². The normalized spacial score (nSPS) is 10.5. The number of hydrogen-bond acceptors (Lipinski definition) is 5. The zero-order valence-corrected chi connectivity index (χ0v) is 10.8. The second-order valence-electron chi connectivity index (χ2n) is 3.32. The number of thioether (sulfide) groups is 1. The number of nitrogens with two attached hydrogens (primary N) is 1. The van der Waals surface area contributed by atoms with Crippen molar-refractivity contribution in [1.82, 2.24) is 0 Å². The lowest BCUT2D eigenvalue weighted by molar-refractivity contribution is 0.103. The Balaban J connectivity index is 2.42. The number of rotatable bonds is 8. The van der Waals surface area contributed by atoms with Crippen molar-refractivity contribution < 1.29 is 14.6 Å². The fraction of sp³-hybridized carbons (Fsp3) is 0.500. The van der Waals surface area contributed by atoms with Gasteiger partial charge in [0, 0.05) is 16.3 Å². The Morgan fingerprint density at radius 1 is 1.35 bits per heavy atom. The van der Waals surface area contributed by atoms with Crippen molar-refractivity contribution in [1.29, 1.82) is 0 Å². The Morgan fingerprint density at radius 2 is 2.18 bits per heavy atom. The van der Waals surface area contributed by atoms with Crippen LogP contribution >= 0.6 is 11.8 Å². The molecule has 1 rings (SSSR count). The molecule has 96 valence electrons. The Bertz CT molecular complexity index is 334. The molecule has 0 heterocycles. The van der Waals surface area contributed by atoms with Gasteiger partial charge in [0.2, 0.25) is 0 Å². The molecule has 1 aromatic rings. The first-order valence-electron chi connectivity index (χ1n) is 5.61. The number of ether oxygens (including phenoxy) is 2. The smallest absolute Gasteiger partial charge is 0.120 e. The van der Waals surface area contributed by atoms with Crippen molar-refractivity contribution in [2.24, 2.45) is 0 Å². The van der Waals surface area contributed by atoms with Gasteiger partial charge in [-0.3, -0.25) is 0 Å². The molecular formula is C12H19NO3S. The van der Waals surface area contributed by atoms with Gasteiger partial charge in [-0.2, -0.15) is 0 Å². The lowest BCUT2D eigenvalue weighted by Crippen LogP contribution is -2.02. The maximum Gasteiger partial charge on any atom is 0.120 e. The summed E-state index contributed by atoms with van der Waals surface area (Å²) in [6.07, 6.45) is 0. The van der Waals surface area contributed by atoms with Crippen molar-refractivity contribution in [3.63, 3.8) is 0 Å². The van der Waals surface area contributed by atoms with E-state index < -0.39 is 0 Å². The van der Waals surface area contributed by atoms with Gasteiger partial charge in [0.1, 0.15) is 5.75 Å². The molecule has 17 heavy (non-hydrogen) atoms. The molecule has 4 nitrogen and oxygen atoms in total. The Kier molecular flexibility index (Phi) is 6.84. The minimum Gasteiger partial charge on any atom is -0.494 e. The highest BCUT2D eigenvalue weighted by Crippen LogP contribution is 2.29. The number of aliphatic hydroxyl groups excluding tert-OH is 1. The zero-order valence-electron chi connectivity index (χ0n) is 10.0. The molecule has 0 aliphatic heterocycles. The summed E-state index contributed by atoms with van der Waals surface area (Å²) >= 11 is 1.63. The van der Waals surface area contributed by atoms with Gasteiger partial charge in [-0.15, -0.1) is 11.8 Å². The quantitative estimate of drug-likeness (QED) is 0.422. The van der Waals surface area contributed by atoms with Crippen LogP contribution in [0.25, 0.3) is 0 Å². The van der Waals surface area contributed by atoms with E-state index in [9.17, 15) is 0 Å². The van der Waals surface area contributed by atoms with Crippen LogP contribution in [0.15, 0.2) is 23.1 Å². The second kappa shape index (κ2) is 8.22. The van der Waals surface area contributed by atoms with Gasteiger partial charge in [0.05, 0.1) is 26.4 Å². The summed E-state index contributed by atoms with van der Waals surface area (Å²) in [5, 5.41) is 8.55. The van der Waals surface area contributed by atoms with E-state index in [1.54, 1.807) is 11.8 Å². The van der Waals surface area contributed by atoms with Crippen molar-refractivity contribution >= 4 is 17.4 Å². The van der Waals surface area contributed by atoms with Crippen LogP contribution in [0.2, 0.25) is 0 Å². The van der Waals surface area contributed by atoms with Gasteiger partial charge in [-0.1, -0.05) is 0 Å². The van der Waals surface area contributed by atoms with E-state index in [2.05, 4.69) is 0 Å². The molecule has 0 saturated carbocycles. The summed E-state index contributed by atoms with van der Waals surface area (Å²) < 4.78 is 10.6. The molecule has 0 fully saturated rings.